The first kappa shape index (κ1) is 20.9. The Morgan fingerprint density at radius 1 is 1.00 bits per heavy atom. The van der Waals surface area contributed by atoms with Gasteiger partial charge in [-0.25, -0.2) is 9.07 Å². The van der Waals surface area contributed by atoms with Crippen LogP contribution < -0.4 is 15.5 Å². The van der Waals surface area contributed by atoms with E-state index in [0.717, 1.165) is 12.1 Å². The molecule has 0 aliphatic carbocycles. The molecule has 0 saturated carbocycles. The van der Waals surface area contributed by atoms with Crippen LogP contribution in [-0.2, 0) is 11.2 Å². The van der Waals surface area contributed by atoms with Gasteiger partial charge in [0.2, 0.25) is 5.91 Å². The van der Waals surface area contributed by atoms with Gasteiger partial charge in [-0.1, -0.05) is 12.1 Å². The molecule has 0 spiro atoms. The number of halogens is 1. The summed E-state index contributed by atoms with van der Waals surface area (Å²) in [6.45, 7) is 2.71. The Labute approximate surface area is 189 Å². The zero-order chi connectivity index (χ0) is 23.3. The topological polar surface area (TPSA) is 102 Å². The summed E-state index contributed by atoms with van der Waals surface area (Å²) in [6.07, 6.45) is 1.71. The minimum atomic E-state index is -0.764. The standard InChI is InChI=1S/C24H22FN5O3/c1-14-4-2-5-18(25)21(14)30-22-17(20(27-30)23(26)32)11-13-29(24(22)33)16-9-7-15(8-10-16)28-12-3-6-19(28)31/h2,4-5,7-10H,3,6,11-13H2,1H3,(H2,26,32). The summed E-state index contributed by atoms with van der Waals surface area (Å²) in [5.41, 5.74) is 8.15. The van der Waals surface area contributed by atoms with Crippen molar-refractivity contribution in [1.29, 1.82) is 0 Å². The number of hydrogen-bond acceptors (Lipinski definition) is 4. The van der Waals surface area contributed by atoms with Gasteiger partial charge in [0.25, 0.3) is 11.8 Å². The summed E-state index contributed by atoms with van der Waals surface area (Å²) >= 11 is 0. The summed E-state index contributed by atoms with van der Waals surface area (Å²) in [6, 6.07) is 11.8. The molecule has 0 atom stereocenters. The first-order chi connectivity index (χ1) is 15.9. The number of aryl methyl sites for hydroxylation is 1. The number of anilines is 2. The van der Waals surface area contributed by atoms with E-state index in [1.807, 2.05) is 12.1 Å². The summed E-state index contributed by atoms with van der Waals surface area (Å²) in [4.78, 5) is 40.9. The van der Waals surface area contributed by atoms with Crippen LogP contribution in [0.15, 0.2) is 42.5 Å². The number of aromatic nitrogens is 2. The molecule has 1 saturated heterocycles. The molecule has 1 fully saturated rings. The van der Waals surface area contributed by atoms with E-state index < -0.39 is 17.6 Å². The lowest BCUT2D eigenvalue weighted by Gasteiger charge is -2.28. The van der Waals surface area contributed by atoms with Crippen LogP contribution in [0, 0.1) is 12.7 Å². The molecule has 3 amide bonds. The number of rotatable bonds is 4. The third-order valence-electron chi connectivity index (χ3n) is 6.20. The van der Waals surface area contributed by atoms with Gasteiger partial charge in [0.1, 0.15) is 17.2 Å². The zero-order valence-electron chi connectivity index (χ0n) is 18.0. The van der Waals surface area contributed by atoms with Crippen LogP contribution in [0.4, 0.5) is 15.8 Å². The van der Waals surface area contributed by atoms with Crippen LogP contribution in [0.5, 0.6) is 0 Å². The van der Waals surface area contributed by atoms with Crippen LogP contribution in [0.25, 0.3) is 5.69 Å². The highest BCUT2D eigenvalue weighted by Crippen LogP contribution is 2.32. The van der Waals surface area contributed by atoms with Crippen LogP contribution in [0.3, 0.4) is 0 Å². The van der Waals surface area contributed by atoms with Crippen molar-refractivity contribution in [3.8, 4) is 5.69 Å². The SMILES string of the molecule is Cc1cccc(F)c1-n1nc(C(N)=O)c2c1C(=O)N(c1ccc(N3CCCC3=O)cc1)CC2. The Bertz CT molecular complexity index is 1280. The molecule has 168 valence electrons. The van der Waals surface area contributed by atoms with Crippen LogP contribution in [0.2, 0.25) is 0 Å². The van der Waals surface area contributed by atoms with E-state index in [2.05, 4.69) is 5.10 Å². The first-order valence-electron chi connectivity index (χ1n) is 10.8. The average Bonchev–Trinajstić information content (AvgIpc) is 3.39. The zero-order valence-corrected chi connectivity index (χ0v) is 18.0. The van der Waals surface area contributed by atoms with Gasteiger partial charge in [-0.2, -0.15) is 5.10 Å². The number of hydrogen-bond donors (Lipinski definition) is 1. The van der Waals surface area contributed by atoms with Gasteiger partial charge in [-0.05, 0) is 55.7 Å². The molecule has 2 aliphatic heterocycles. The van der Waals surface area contributed by atoms with Crippen molar-refractivity contribution in [3.05, 3.63) is 70.8 Å². The number of amides is 3. The molecular weight excluding hydrogens is 425 g/mol. The maximum Gasteiger partial charge on any atom is 0.277 e. The lowest BCUT2D eigenvalue weighted by atomic mass is 10.0. The quantitative estimate of drug-likeness (QED) is 0.664. The van der Waals surface area contributed by atoms with E-state index in [-0.39, 0.29) is 23.0 Å². The lowest BCUT2D eigenvalue weighted by molar-refractivity contribution is -0.117. The second kappa shape index (κ2) is 7.84. The minimum absolute atomic E-state index is 0.0245. The number of nitrogens with two attached hydrogens (primary N) is 1. The van der Waals surface area contributed by atoms with Crippen molar-refractivity contribution in [2.75, 3.05) is 22.9 Å². The Balaban J connectivity index is 1.56. The first-order valence-corrected chi connectivity index (χ1v) is 10.8. The fourth-order valence-electron chi connectivity index (χ4n) is 4.59. The average molecular weight is 447 g/mol. The lowest BCUT2D eigenvalue weighted by Crippen LogP contribution is -2.39. The molecule has 0 unspecified atom stereocenters. The van der Waals surface area contributed by atoms with Crippen LogP contribution in [-0.4, -0.2) is 40.6 Å². The van der Waals surface area contributed by atoms with Gasteiger partial charge >= 0.3 is 0 Å². The number of carbonyl (C=O) groups excluding carboxylic acids is 3. The van der Waals surface area contributed by atoms with E-state index >= 15 is 0 Å². The predicted molar refractivity (Wildman–Crippen MR) is 120 cm³/mol. The Morgan fingerprint density at radius 2 is 1.70 bits per heavy atom. The molecule has 2 aromatic carbocycles. The van der Waals surface area contributed by atoms with Gasteiger partial charge in [0, 0.05) is 36.4 Å². The second-order valence-corrected chi connectivity index (χ2v) is 8.23. The number of fused-ring (bicyclic) bond motifs is 1. The molecule has 8 nitrogen and oxygen atoms in total. The molecule has 0 bridgehead atoms. The maximum absolute atomic E-state index is 14.8. The summed E-state index contributed by atoms with van der Waals surface area (Å²) in [7, 11) is 0. The fourth-order valence-corrected chi connectivity index (χ4v) is 4.59. The summed E-state index contributed by atoms with van der Waals surface area (Å²) in [5.74, 6) is -1.63. The van der Waals surface area contributed by atoms with E-state index in [1.54, 1.807) is 41.0 Å². The van der Waals surface area contributed by atoms with E-state index in [0.29, 0.717) is 42.7 Å². The molecular formula is C24H22FN5O3. The monoisotopic (exact) mass is 447 g/mol. The highest BCUT2D eigenvalue weighted by Gasteiger charge is 2.35. The van der Waals surface area contributed by atoms with Crippen molar-refractivity contribution in [2.24, 2.45) is 5.73 Å². The second-order valence-electron chi connectivity index (χ2n) is 8.23. The van der Waals surface area contributed by atoms with Crippen molar-refractivity contribution in [1.82, 2.24) is 9.78 Å². The number of nitrogens with zero attached hydrogens (tertiary/aromatic N) is 4. The van der Waals surface area contributed by atoms with Crippen LogP contribution in [0.1, 0.15) is 44.9 Å². The number of para-hydroxylation sites is 1. The van der Waals surface area contributed by atoms with E-state index in [4.69, 9.17) is 5.73 Å². The molecule has 2 aliphatic rings. The molecule has 33 heavy (non-hydrogen) atoms. The van der Waals surface area contributed by atoms with Gasteiger partial charge in [-0.3, -0.25) is 14.4 Å². The van der Waals surface area contributed by atoms with Gasteiger partial charge in [0.05, 0.1) is 0 Å². The van der Waals surface area contributed by atoms with Crippen molar-refractivity contribution < 1.29 is 18.8 Å². The third kappa shape index (κ3) is 3.36. The van der Waals surface area contributed by atoms with Crippen molar-refractivity contribution >= 4 is 29.1 Å². The van der Waals surface area contributed by atoms with Gasteiger partial charge < -0.3 is 15.5 Å². The Kier molecular flexibility index (Phi) is 4.96. The normalized spacial score (nSPS) is 15.8. The number of benzene rings is 2. The Hall–Kier alpha value is -4.01. The van der Waals surface area contributed by atoms with Crippen molar-refractivity contribution in [3.63, 3.8) is 0 Å². The largest absolute Gasteiger partial charge is 0.364 e. The van der Waals surface area contributed by atoms with Gasteiger partial charge in [-0.15, -0.1) is 0 Å². The maximum atomic E-state index is 14.8. The predicted octanol–water partition coefficient (Wildman–Crippen LogP) is 2.75. The molecule has 3 aromatic rings. The molecule has 3 heterocycles. The highest BCUT2D eigenvalue weighted by atomic mass is 19.1. The number of carbonyl (C=O) groups is 3. The highest BCUT2D eigenvalue weighted by molar-refractivity contribution is 6.09. The number of primary amides is 1. The molecule has 2 N–H and O–H groups in total. The Morgan fingerprint density at radius 3 is 2.30 bits per heavy atom. The van der Waals surface area contributed by atoms with Crippen molar-refractivity contribution in [2.45, 2.75) is 26.2 Å². The van der Waals surface area contributed by atoms with E-state index in [1.165, 1.54) is 10.7 Å². The minimum Gasteiger partial charge on any atom is -0.364 e. The van der Waals surface area contributed by atoms with Gasteiger partial charge in [0.15, 0.2) is 5.69 Å². The molecule has 5 rings (SSSR count). The molecule has 1 aromatic heterocycles. The van der Waals surface area contributed by atoms with Crippen LogP contribution >= 0.6 is 0 Å². The smallest absolute Gasteiger partial charge is 0.277 e. The van der Waals surface area contributed by atoms with E-state index in [9.17, 15) is 18.8 Å². The molecule has 0 radical (unpaired) electrons. The summed E-state index contributed by atoms with van der Waals surface area (Å²) in [5, 5.41) is 4.25. The molecule has 9 heteroatoms. The third-order valence-corrected chi connectivity index (χ3v) is 6.20. The summed E-state index contributed by atoms with van der Waals surface area (Å²) < 4.78 is 16.0. The fraction of sp³-hybridized carbons (Fsp3) is 0.250.